The molecule has 9 heteroatoms. The number of aliphatic carboxylic acids is 3. The van der Waals surface area contributed by atoms with E-state index in [2.05, 4.69) is 5.73 Å². The van der Waals surface area contributed by atoms with Crippen molar-refractivity contribution >= 4 is 17.9 Å². The maximum Gasteiger partial charge on any atom is 0.320 e. The van der Waals surface area contributed by atoms with Crippen LogP contribution in [-0.4, -0.2) is 51.9 Å². The van der Waals surface area contributed by atoms with Gasteiger partial charge in [0, 0.05) is 0 Å². The van der Waals surface area contributed by atoms with Crippen LogP contribution in [0.25, 0.3) is 0 Å². The van der Waals surface area contributed by atoms with Crippen LogP contribution < -0.4 is 17.2 Å². The highest BCUT2D eigenvalue weighted by molar-refractivity contribution is 5.73. The summed E-state index contributed by atoms with van der Waals surface area (Å²) in [7, 11) is 0. The lowest BCUT2D eigenvalue weighted by Gasteiger charge is -2.11. The lowest BCUT2D eigenvalue weighted by molar-refractivity contribution is -0.140. The van der Waals surface area contributed by atoms with Gasteiger partial charge in [-0.05, 0) is 11.8 Å². The van der Waals surface area contributed by atoms with E-state index in [-0.39, 0.29) is 18.4 Å². The molecule has 0 aliphatic carbocycles. The summed E-state index contributed by atoms with van der Waals surface area (Å²) in [6.07, 6.45) is 0.813. The Morgan fingerprint density at radius 3 is 1.27 bits per heavy atom. The highest BCUT2D eigenvalue weighted by atomic mass is 16.4. The number of carboxylic acid groups (broad SMARTS) is 3. The fourth-order valence-electron chi connectivity index (χ4n) is 0.782. The topological polar surface area (TPSA) is 190 Å². The zero-order valence-electron chi connectivity index (χ0n) is 13.5. The van der Waals surface area contributed by atoms with Crippen molar-refractivity contribution < 1.29 is 29.7 Å². The van der Waals surface area contributed by atoms with Crippen molar-refractivity contribution in [3.8, 4) is 0 Å². The first-order valence-corrected chi connectivity index (χ1v) is 6.80. The van der Waals surface area contributed by atoms with Crippen LogP contribution >= 0.6 is 0 Å². The van der Waals surface area contributed by atoms with Crippen LogP contribution in [-0.2, 0) is 14.4 Å². The molecule has 0 bridgehead atoms. The van der Waals surface area contributed by atoms with E-state index in [1.165, 1.54) is 0 Å². The minimum Gasteiger partial charge on any atom is -0.480 e. The fourth-order valence-corrected chi connectivity index (χ4v) is 0.782. The smallest absolute Gasteiger partial charge is 0.320 e. The van der Waals surface area contributed by atoms with Gasteiger partial charge >= 0.3 is 17.9 Å². The zero-order chi connectivity index (χ0) is 18.5. The van der Waals surface area contributed by atoms with Crippen LogP contribution in [0.4, 0.5) is 0 Å². The van der Waals surface area contributed by atoms with Crippen molar-refractivity contribution in [1.29, 1.82) is 0 Å². The molecule has 9 nitrogen and oxygen atoms in total. The molecule has 0 aromatic rings. The summed E-state index contributed by atoms with van der Waals surface area (Å²) in [5.74, 6) is -2.72. The summed E-state index contributed by atoms with van der Waals surface area (Å²) in [5, 5.41) is 24.2. The number of hydrogen-bond acceptors (Lipinski definition) is 6. The Morgan fingerprint density at radius 1 is 0.909 bits per heavy atom. The summed E-state index contributed by atoms with van der Waals surface area (Å²) in [5.41, 5.74) is 15.0. The Labute approximate surface area is 130 Å². The molecule has 0 unspecified atom stereocenters. The van der Waals surface area contributed by atoms with Crippen molar-refractivity contribution in [1.82, 2.24) is 0 Å². The van der Waals surface area contributed by atoms with Crippen molar-refractivity contribution in [2.45, 2.75) is 46.2 Å². The van der Waals surface area contributed by atoms with Gasteiger partial charge in [0.15, 0.2) is 0 Å². The molecule has 0 spiro atoms. The second-order valence-electron chi connectivity index (χ2n) is 4.96. The van der Waals surface area contributed by atoms with Crippen molar-refractivity contribution in [3.05, 3.63) is 0 Å². The second kappa shape index (κ2) is 14.2. The number of carbonyl (C=O) groups is 3. The van der Waals surface area contributed by atoms with E-state index in [1.54, 1.807) is 13.8 Å². The van der Waals surface area contributed by atoms with Gasteiger partial charge in [-0.3, -0.25) is 14.4 Å². The van der Waals surface area contributed by atoms with Gasteiger partial charge in [-0.25, -0.2) is 0 Å². The van der Waals surface area contributed by atoms with E-state index in [0.29, 0.717) is 0 Å². The summed E-state index contributed by atoms with van der Waals surface area (Å²) in [6, 6.07) is -1.41. The standard InChI is InChI=1S/C6H13NO2.C5H11NO2.C2H5NO2/c1-3-4(2)5(7)6(8)9;1-3(2)4(6)5(7)8;3-1-2(4)5/h4-5H,3,7H2,1-2H3,(H,8,9);3-4H,6H2,1-2H3,(H,7,8);1,3H2,(H,4,5)/t4-,5-;4-;/m00./s1. The number of carboxylic acids is 3. The molecule has 0 fully saturated rings. The first kappa shape index (κ1) is 25.3. The minimum atomic E-state index is -0.968. The highest BCUT2D eigenvalue weighted by Gasteiger charge is 2.17. The molecule has 0 amide bonds. The third-order valence-electron chi connectivity index (χ3n) is 2.72. The molecular weight excluding hydrogens is 294 g/mol. The largest absolute Gasteiger partial charge is 0.480 e. The average molecular weight is 323 g/mol. The molecule has 132 valence electrons. The molecule has 0 aliphatic rings. The van der Waals surface area contributed by atoms with Crippen LogP contribution in [0.3, 0.4) is 0 Å². The van der Waals surface area contributed by atoms with Crippen molar-refractivity contribution in [2.24, 2.45) is 29.0 Å². The summed E-state index contributed by atoms with van der Waals surface area (Å²) in [6.45, 7) is 7.03. The molecule has 0 aliphatic heterocycles. The molecule has 9 N–H and O–H groups in total. The Hall–Kier alpha value is -1.71. The van der Waals surface area contributed by atoms with E-state index in [1.807, 2.05) is 13.8 Å². The molecule has 0 saturated carbocycles. The molecule has 0 aromatic heterocycles. The van der Waals surface area contributed by atoms with E-state index >= 15 is 0 Å². The number of hydrogen-bond donors (Lipinski definition) is 6. The zero-order valence-corrected chi connectivity index (χ0v) is 13.5. The SMILES string of the molecule is CC(C)[C@H](N)C(=O)O.CC[C@H](C)[C@H](N)C(=O)O.NCC(=O)O. The van der Waals surface area contributed by atoms with Gasteiger partial charge in [0.05, 0.1) is 6.54 Å². The van der Waals surface area contributed by atoms with Crippen LogP contribution in [0.5, 0.6) is 0 Å². The molecular formula is C13H29N3O6. The van der Waals surface area contributed by atoms with Gasteiger partial charge in [0.2, 0.25) is 0 Å². The average Bonchev–Trinajstić information content (AvgIpc) is 2.45. The van der Waals surface area contributed by atoms with Crippen LogP contribution in [0, 0.1) is 11.8 Å². The Morgan fingerprint density at radius 2 is 1.23 bits per heavy atom. The molecule has 0 rings (SSSR count). The van der Waals surface area contributed by atoms with Crippen molar-refractivity contribution in [2.75, 3.05) is 6.54 Å². The van der Waals surface area contributed by atoms with Gasteiger partial charge in [0.25, 0.3) is 0 Å². The van der Waals surface area contributed by atoms with Gasteiger partial charge < -0.3 is 32.5 Å². The minimum absolute atomic E-state index is 0.0208. The maximum atomic E-state index is 10.2. The molecule has 0 heterocycles. The monoisotopic (exact) mass is 323 g/mol. The lowest BCUT2D eigenvalue weighted by atomic mass is 10.0. The third kappa shape index (κ3) is 16.3. The highest BCUT2D eigenvalue weighted by Crippen LogP contribution is 2.04. The van der Waals surface area contributed by atoms with E-state index in [9.17, 15) is 14.4 Å². The van der Waals surface area contributed by atoms with E-state index < -0.39 is 30.0 Å². The fraction of sp³-hybridized carbons (Fsp3) is 0.769. The Kier molecular flexibility index (Phi) is 16.3. The molecule has 3 atom stereocenters. The predicted molar refractivity (Wildman–Crippen MR) is 82.2 cm³/mol. The second-order valence-corrected chi connectivity index (χ2v) is 4.96. The maximum absolute atomic E-state index is 10.2. The Balaban J connectivity index is -0.000000257. The summed E-state index contributed by atoms with van der Waals surface area (Å²) in [4.78, 5) is 29.4. The first-order valence-electron chi connectivity index (χ1n) is 6.80. The molecule has 0 saturated heterocycles. The third-order valence-corrected chi connectivity index (χ3v) is 2.72. The lowest BCUT2D eigenvalue weighted by Crippen LogP contribution is -2.36. The summed E-state index contributed by atoms with van der Waals surface area (Å²) < 4.78 is 0. The van der Waals surface area contributed by atoms with Gasteiger partial charge in [0.1, 0.15) is 12.1 Å². The normalized spacial score (nSPS) is 13.6. The Bertz CT molecular complexity index is 336. The van der Waals surface area contributed by atoms with Gasteiger partial charge in [-0.1, -0.05) is 34.1 Å². The van der Waals surface area contributed by atoms with Gasteiger partial charge in [-0.2, -0.15) is 0 Å². The van der Waals surface area contributed by atoms with Crippen LogP contribution in [0.2, 0.25) is 0 Å². The van der Waals surface area contributed by atoms with Gasteiger partial charge in [-0.15, -0.1) is 0 Å². The molecule has 0 aromatic carbocycles. The van der Waals surface area contributed by atoms with E-state index in [4.69, 9.17) is 26.8 Å². The van der Waals surface area contributed by atoms with Crippen molar-refractivity contribution in [3.63, 3.8) is 0 Å². The van der Waals surface area contributed by atoms with E-state index in [0.717, 1.165) is 6.42 Å². The predicted octanol–water partition coefficient (Wildman–Crippen LogP) is -0.472. The summed E-state index contributed by atoms with van der Waals surface area (Å²) >= 11 is 0. The van der Waals surface area contributed by atoms with Crippen LogP contribution in [0.1, 0.15) is 34.1 Å². The number of rotatable bonds is 6. The first-order chi connectivity index (χ1) is 9.91. The number of nitrogens with two attached hydrogens (primary N) is 3. The molecule has 22 heavy (non-hydrogen) atoms. The van der Waals surface area contributed by atoms with Crippen LogP contribution in [0.15, 0.2) is 0 Å². The quantitative estimate of drug-likeness (QED) is 0.375. The molecule has 0 radical (unpaired) electrons.